The molecule has 27 heavy (non-hydrogen) atoms. The number of hydrogen-bond acceptors (Lipinski definition) is 4. The Balaban J connectivity index is 1.37. The number of hydrogen-bond donors (Lipinski definition) is 0. The van der Waals surface area contributed by atoms with E-state index in [0.29, 0.717) is 12.5 Å². The molecule has 2 heterocycles. The Morgan fingerprint density at radius 1 is 1.11 bits per heavy atom. The first kappa shape index (κ1) is 19.2. The maximum absolute atomic E-state index is 13.0. The first-order chi connectivity index (χ1) is 13.2. The molecular weight excluding hydrogens is 344 g/mol. The third kappa shape index (κ3) is 3.75. The molecule has 1 unspecified atom stereocenters. The molecule has 0 N–H and O–H groups in total. The zero-order chi connectivity index (χ0) is 18.9. The predicted molar refractivity (Wildman–Crippen MR) is 101 cm³/mol. The van der Waals surface area contributed by atoms with Gasteiger partial charge in [-0.1, -0.05) is 19.3 Å². The average Bonchev–Trinajstić information content (AvgIpc) is 3.52. The number of carbonyl (C=O) groups is 2. The lowest BCUT2D eigenvalue weighted by molar-refractivity contribution is -0.211. The highest BCUT2D eigenvalue weighted by Crippen LogP contribution is 2.48. The maximum atomic E-state index is 13.0. The summed E-state index contributed by atoms with van der Waals surface area (Å²) in [5.41, 5.74) is -0.0631. The van der Waals surface area contributed by atoms with E-state index in [-0.39, 0.29) is 36.1 Å². The van der Waals surface area contributed by atoms with Gasteiger partial charge in [0.05, 0.1) is 12.1 Å². The average molecular weight is 379 g/mol. The van der Waals surface area contributed by atoms with Crippen LogP contribution in [0.3, 0.4) is 0 Å². The van der Waals surface area contributed by atoms with Crippen LogP contribution in [0.1, 0.15) is 64.7 Å². The van der Waals surface area contributed by atoms with Crippen LogP contribution in [0.5, 0.6) is 0 Å². The van der Waals surface area contributed by atoms with Crippen molar-refractivity contribution in [1.29, 1.82) is 0 Å². The van der Waals surface area contributed by atoms with Gasteiger partial charge in [-0.25, -0.2) is 0 Å². The highest BCUT2D eigenvalue weighted by Gasteiger charge is 2.62. The lowest BCUT2D eigenvalue weighted by atomic mass is 9.68. The summed E-state index contributed by atoms with van der Waals surface area (Å²) >= 11 is 0. The number of ether oxygens (including phenoxy) is 2. The Hall–Kier alpha value is -1.14. The van der Waals surface area contributed by atoms with Gasteiger partial charge in [-0.15, -0.1) is 0 Å². The van der Waals surface area contributed by atoms with Crippen LogP contribution >= 0.6 is 0 Å². The fourth-order valence-corrected chi connectivity index (χ4v) is 5.24. The molecule has 0 aromatic heterocycles. The fraction of sp³-hybridized carbons (Fsp3) is 0.905. The van der Waals surface area contributed by atoms with Crippen LogP contribution in [-0.4, -0.2) is 72.2 Å². The van der Waals surface area contributed by atoms with Gasteiger partial charge in [0.15, 0.2) is 6.10 Å². The minimum atomic E-state index is -0.212. The van der Waals surface area contributed by atoms with Crippen LogP contribution < -0.4 is 0 Å². The van der Waals surface area contributed by atoms with E-state index in [1.54, 1.807) is 0 Å². The summed E-state index contributed by atoms with van der Waals surface area (Å²) in [6, 6.07) is 0.257. The molecule has 2 saturated heterocycles. The van der Waals surface area contributed by atoms with Crippen LogP contribution in [0.2, 0.25) is 0 Å². The number of carbonyl (C=O) groups excluding carboxylic acids is 2. The third-order valence-corrected chi connectivity index (χ3v) is 6.96. The smallest absolute Gasteiger partial charge is 0.254 e. The highest BCUT2D eigenvalue weighted by molar-refractivity contribution is 5.91. The Labute approximate surface area is 162 Å². The lowest BCUT2D eigenvalue weighted by Crippen LogP contribution is -2.78. The molecule has 4 fully saturated rings. The second-order valence-corrected chi connectivity index (χ2v) is 8.78. The molecule has 2 aliphatic heterocycles. The largest absolute Gasteiger partial charge is 0.372 e. The Bertz CT molecular complexity index is 548. The lowest BCUT2D eigenvalue weighted by Gasteiger charge is -2.62. The van der Waals surface area contributed by atoms with E-state index in [2.05, 4.69) is 4.90 Å². The highest BCUT2D eigenvalue weighted by atomic mass is 16.5. The topological polar surface area (TPSA) is 59.1 Å². The summed E-state index contributed by atoms with van der Waals surface area (Å²) in [6.07, 6.45) is 9.87. The number of β-lactam (4-membered cyclic amide) rings is 1. The van der Waals surface area contributed by atoms with Gasteiger partial charge in [-0.2, -0.15) is 0 Å². The van der Waals surface area contributed by atoms with Crippen LogP contribution in [-0.2, 0) is 19.1 Å². The molecule has 0 aromatic carbocycles. The minimum absolute atomic E-state index is 0.0631. The Morgan fingerprint density at radius 2 is 1.81 bits per heavy atom. The molecule has 1 atom stereocenters. The van der Waals surface area contributed by atoms with Crippen LogP contribution in [0.4, 0.5) is 0 Å². The van der Waals surface area contributed by atoms with Gasteiger partial charge in [0, 0.05) is 25.7 Å². The monoisotopic (exact) mass is 378 g/mol. The van der Waals surface area contributed by atoms with Crippen molar-refractivity contribution in [2.24, 2.45) is 5.92 Å². The molecule has 2 aliphatic carbocycles. The molecule has 152 valence electrons. The molecule has 6 nitrogen and oxygen atoms in total. The van der Waals surface area contributed by atoms with Crippen molar-refractivity contribution in [2.75, 3.05) is 32.9 Å². The van der Waals surface area contributed by atoms with Gasteiger partial charge in [-0.05, 0) is 51.4 Å². The van der Waals surface area contributed by atoms with Gasteiger partial charge in [-0.3, -0.25) is 9.59 Å². The molecule has 0 radical (unpaired) electrons. The van der Waals surface area contributed by atoms with Crippen molar-refractivity contribution in [2.45, 2.75) is 82.4 Å². The van der Waals surface area contributed by atoms with Gasteiger partial charge in [0.25, 0.3) is 5.91 Å². The second kappa shape index (κ2) is 8.08. The van der Waals surface area contributed by atoms with Crippen LogP contribution in [0.25, 0.3) is 0 Å². The van der Waals surface area contributed by atoms with Crippen molar-refractivity contribution in [3.63, 3.8) is 0 Å². The van der Waals surface area contributed by atoms with Gasteiger partial charge < -0.3 is 19.3 Å². The Kier molecular flexibility index (Phi) is 5.74. The standard InChI is InChI=1S/C21H34N2O4/c1-2-26-15-18(24)22-12-8-17(9-13-22)23-20(25)19(27-14-16-6-7-16)21(23)10-4-3-5-11-21/h16-17,19H,2-15H2,1H3. The molecule has 6 heteroatoms. The van der Waals surface area contributed by atoms with E-state index in [9.17, 15) is 9.59 Å². The predicted octanol–water partition coefficient (Wildman–Crippen LogP) is 2.35. The van der Waals surface area contributed by atoms with Crippen molar-refractivity contribution in [3.8, 4) is 0 Å². The zero-order valence-electron chi connectivity index (χ0n) is 16.7. The fourth-order valence-electron chi connectivity index (χ4n) is 5.24. The summed E-state index contributed by atoms with van der Waals surface area (Å²) in [6.45, 7) is 4.85. The van der Waals surface area contributed by atoms with Crippen molar-refractivity contribution < 1.29 is 19.1 Å². The third-order valence-electron chi connectivity index (χ3n) is 6.96. The zero-order valence-corrected chi connectivity index (χ0v) is 16.7. The van der Waals surface area contributed by atoms with E-state index in [1.165, 1.54) is 32.1 Å². The summed E-state index contributed by atoms with van der Waals surface area (Å²) in [7, 11) is 0. The first-order valence-corrected chi connectivity index (χ1v) is 11.0. The second-order valence-electron chi connectivity index (χ2n) is 8.78. The molecule has 2 amide bonds. The summed E-state index contributed by atoms with van der Waals surface area (Å²) in [4.78, 5) is 29.3. The number of nitrogens with zero attached hydrogens (tertiary/aromatic N) is 2. The summed E-state index contributed by atoms with van der Waals surface area (Å²) in [5, 5.41) is 0. The molecule has 0 bridgehead atoms. The van der Waals surface area contributed by atoms with Gasteiger partial charge >= 0.3 is 0 Å². The van der Waals surface area contributed by atoms with E-state index in [1.807, 2.05) is 11.8 Å². The molecule has 0 aromatic rings. The first-order valence-electron chi connectivity index (χ1n) is 11.0. The Morgan fingerprint density at radius 3 is 2.44 bits per heavy atom. The molecule has 1 spiro atoms. The molecule has 4 aliphatic rings. The molecule has 2 saturated carbocycles. The van der Waals surface area contributed by atoms with Gasteiger partial charge in [0.1, 0.15) is 6.61 Å². The van der Waals surface area contributed by atoms with Crippen molar-refractivity contribution >= 4 is 11.8 Å². The molecular formula is C21H34N2O4. The summed E-state index contributed by atoms with van der Waals surface area (Å²) < 4.78 is 11.4. The van der Waals surface area contributed by atoms with E-state index in [0.717, 1.165) is 45.4 Å². The number of rotatable bonds is 7. The van der Waals surface area contributed by atoms with E-state index >= 15 is 0 Å². The van der Waals surface area contributed by atoms with Crippen molar-refractivity contribution in [1.82, 2.24) is 9.80 Å². The minimum Gasteiger partial charge on any atom is -0.372 e. The van der Waals surface area contributed by atoms with Crippen LogP contribution in [0.15, 0.2) is 0 Å². The van der Waals surface area contributed by atoms with Crippen LogP contribution in [0, 0.1) is 5.92 Å². The number of amides is 2. The summed E-state index contributed by atoms with van der Waals surface area (Å²) in [5.74, 6) is 0.965. The van der Waals surface area contributed by atoms with E-state index in [4.69, 9.17) is 9.47 Å². The SMILES string of the molecule is CCOCC(=O)N1CCC(N2C(=O)C(OCC3CC3)C23CCCCC3)CC1. The number of piperidine rings is 1. The maximum Gasteiger partial charge on any atom is 0.254 e. The van der Waals surface area contributed by atoms with E-state index < -0.39 is 0 Å². The van der Waals surface area contributed by atoms with Crippen molar-refractivity contribution in [3.05, 3.63) is 0 Å². The molecule has 4 rings (SSSR count). The van der Waals surface area contributed by atoms with Gasteiger partial charge in [0.2, 0.25) is 5.91 Å². The quantitative estimate of drug-likeness (QED) is 0.638. The normalized spacial score (nSPS) is 28.5. The number of likely N-dealkylation sites (tertiary alicyclic amines) is 2.